The molecule has 2 aromatic carbocycles. The number of anilines is 1. The van der Waals surface area contributed by atoms with Crippen LogP contribution in [0.15, 0.2) is 60.8 Å². The van der Waals surface area contributed by atoms with Crippen LogP contribution in [0.25, 0.3) is 0 Å². The first-order valence-corrected chi connectivity index (χ1v) is 9.06. The number of nitrogens with zero attached hydrogens (tertiary/aromatic N) is 1. The summed E-state index contributed by atoms with van der Waals surface area (Å²) in [5, 5.41) is 3.37. The molecule has 0 saturated heterocycles. The molecule has 1 amide bonds. The number of hydrogen-bond donors (Lipinski definition) is 1. The Morgan fingerprint density at radius 1 is 1.12 bits per heavy atom. The van der Waals surface area contributed by atoms with Crippen molar-refractivity contribution in [2.24, 2.45) is 0 Å². The lowest BCUT2D eigenvalue weighted by atomic mass is 10.1. The monoisotopic (exact) mass is 368 g/mol. The summed E-state index contributed by atoms with van der Waals surface area (Å²) in [6.45, 7) is 1.69. The Balaban J connectivity index is 1.59. The summed E-state index contributed by atoms with van der Waals surface area (Å²) in [4.78, 5) is 17.7. The highest BCUT2D eigenvalue weighted by Crippen LogP contribution is 2.27. The number of aromatic nitrogens is 1. The standard InChI is InChI=1S/C20H20N2O3S/c1-14(25-18-11-7-6-10-17(18)24-2)19(23)22-20-21-13-16(26-20)12-15-8-4-3-5-9-15/h3-11,13-14H,12H2,1-2H3,(H,21,22,23). The largest absolute Gasteiger partial charge is 0.493 e. The highest BCUT2D eigenvalue weighted by Gasteiger charge is 2.18. The number of amides is 1. The first kappa shape index (κ1) is 17.9. The van der Waals surface area contributed by atoms with Gasteiger partial charge in [-0.25, -0.2) is 4.98 Å². The third kappa shape index (κ3) is 4.61. The van der Waals surface area contributed by atoms with Crippen molar-refractivity contribution >= 4 is 22.4 Å². The summed E-state index contributed by atoms with van der Waals surface area (Å²) >= 11 is 1.46. The Morgan fingerprint density at radius 2 is 1.81 bits per heavy atom. The van der Waals surface area contributed by atoms with Crippen LogP contribution in [-0.4, -0.2) is 24.1 Å². The van der Waals surface area contributed by atoms with Crippen LogP contribution in [0, 0.1) is 0 Å². The average Bonchev–Trinajstić information content (AvgIpc) is 3.09. The van der Waals surface area contributed by atoms with Gasteiger partial charge in [0.15, 0.2) is 22.7 Å². The summed E-state index contributed by atoms with van der Waals surface area (Å²) in [5.41, 5.74) is 1.21. The minimum Gasteiger partial charge on any atom is -0.493 e. The van der Waals surface area contributed by atoms with Crippen molar-refractivity contribution in [3.05, 3.63) is 71.2 Å². The van der Waals surface area contributed by atoms with Crippen LogP contribution in [0.3, 0.4) is 0 Å². The molecule has 0 fully saturated rings. The summed E-state index contributed by atoms with van der Waals surface area (Å²) in [5.74, 6) is 0.865. The molecule has 0 radical (unpaired) electrons. The second-order valence-electron chi connectivity index (χ2n) is 5.69. The van der Waals surface area contributed by atoms with Gasteiger partial charge >= 0.3 is 0 Å². The normalized spacial score (nSPS) is 11.6. The molecule has 0 bridgehead atoms. The third-order valence-electron chi connectivity index (χ3n) is 3.75. The van der Waals surface area contributed by atoms with Crippen LogP contribution in [0.1, 0.15) is 17.4 Å². The van der Waals surface area contributed by atoms with Gasteiger partial charge in [0.05, 0.1) is 7.11 Å². The van der Waals surface area contributed by atoms with Gasteiger partial charge in [-0.05, 0) is 24.6 Å². The van der Waals surface area contributed by atoms with Gasteiger partial charge in [0, 0.05) is 17.5 Å². The number of rotatable bonds is 7. The maximum atomic E-state index is 12.4. The van der Waals surface area contributed by atoms with Gasteiger partial charge in [0.1, 0.15) is 0 Å². The highest BCUT2D eigenvalue weighted by molar-refractivity contribution is 7.15. The lowest BCUT2D eigenvalue weighted by Gasteiger charge is -2.15. The minimum atomic E-state index is -0.673. The topological polar surface area (TPSA) is 60.5 Å². The van der Waals surface area contributed by atoms with E-state index in [1.54, 1.807) is 32.4 Å². The maximum Gasteiger partial charge on any atom is 0.266 e. The SMILES string of the molecule is COc1ccccc1OC(C)C(=O)Nc1ncc(Cc2ccccc2)s1. The molecule has 0 spiro atoms. The van der Waals surface area contributed by atoms with Gasteiger partial charge in [0.25, 0.3) is 5.91 Å². The Labute approximate surface area is 156 Å². The molecule has 1 N–H and O–H groups in total. The van der Waals surface area contributed by atoms with Crippen molar-refractivity contribution < 1.29 is 14.3 Å². The quantitative estimate of drug-likeness (QED) is 0.681. The van der Waals surface area contributed by atoms with Crippen LogP contribution in [0.5, 0.6) is 11.5 Å². The summed E-state index contributed by atoms with van der Waals surface area (Å²) in [6, 6.07) is 17.4. The summed E-state index contributed by atoms with van der Waals surface area (Å²) < 4.78 is 10.9. The average molecular weight is 368 g/mol. The van der Waals surface area contributed by atoms with Crippen molar-refractivity contribution in [2.45, 2.75) is 19.4 Å². The zero-order chi connectivity index (χ0) is 18.4. The number of nitrogens with one attached hydrogen (secondary N) is 1. The lowest BCUT2D eigenvalue weighted by Crippen LogP contribution is -2.30. The molecule has 3 rings (SSSR count). The number of carbonyl (C=O) groups excluding carboxylic acids is 1. The Hall–Kier alpha value is -2.86. The summed E-state index contributed by atoms with van der Waals surface area (Å²) in [6.07, 6.45) is 1.91. The van der Waals surface area contributed by atoms with E-state index in [-0.39, 0.29) is 5.91 Å². The fraction of sp³-hybridized carbons (Fsp3) is 0.200. The molecule has 5 nitrogen and oxygen atoms in total. The van der Waals surface area contributed by atoms with Gasteiger partial charge in [-0.2, -0.15) is 0 Å². The molecule has 1 unspecified atom stereocenters. The number of carbonyl (C=O) groups is 1. The Kier molecular flexibility index (Phi) is 5.86. The predicted octanol–water partition coefficient (Wildman–Crippen LogP) is 4.15. The molecular weight excluding hydrogens is 348 g/mol. The molecule has 1 heterocycles. The number of thiazole rings is 1. The van der Waals surface area contributed by atoms with Crippen molar-refractivity contribution in [2.75, 3.05) is 12.4 Å². The molecule has 0 aliphatic carbocycles. The summed E-state index contributed by atoms with van der Waals surface area (Å²) in [7, 11) is 1.57. The molecule has 0 saturated carbocycles. The van der Waals surface area contributed by atoms with Crippen LogP contribution in [0.2, 0.25) is 0 Å². The predicted molar refractivity (Wildman–Crippen MR) is 103 cm³/mol. The van der Waals surface area contributed by atoms with Crippen molar-refractivity contribution in [3.8, 4) is 11.5 Å². The van der Waals surface area contributed by atoms with Crippen LogP contribution < -0.4 is 14.8 Å². The first-order chi connectivity index (χ1) is 12.7. The van der Waals surface area contributed by atoms with Crippen LogP contribution in [-0.2, 0) is 11.2 Å². The van der Waals surface area contributed by atoms with Gasteiger partial charge < -0.3 is 9.47 Å². The van der Waals surface area contributed by atoms with E-state index >= 15 is 0 Å². The second kappa shape index (κ2) is 8.49. The number of benzene rings is 2. The first-order valence-electron chi connectivity index (χ1n) is 8.25. The van der Waals surface area contributed by atoms with E-state index in [4.69, 9.17) is 9.47 Å². The van der Waals surface area contributed by atoms with Gasteiger partial charge in [-0.1, -0.05) is 42.5 Å². The number of hydrogen-bond acceptors (Lipinski definition) is 5. The van der Waals surface area contributed by atoms with E-state index < -0.39 is 6.10 Å². The van der Waals surface area contributed by atoms with E-state index in [1.807, 2.05) is 30.3 Å². The lowest BCUT2D eigenvalue weighted by molar-refractivity contribution is -0.122. The van der Waals surface area contributed by atoms with E-state index in [9.17, 15) is 4.79 Å². The molecule has 134 valence electrons. The molecule has 3 aromatic rings. The zero-order valence-electron chi connectivity index (χ0n) is 14.6. The molecule has 0 aliphatic heterocycles. The molecule has 1 aromatic heterocycles. The highest BCUT2D eigenvalue weighted by atomic mass is 32.1. The zero-order valence-corrected chi connectivity index (χ0v) is 15.5. The van der Waals surface area contributed by atoms with Crippen molar-refractivity contribution in [1.82, 2.24) is 4.98 Å². The number of ether oxygens (including phenoxy) is 2. The van der Waals surface area contributed by atoms with Crippen LogP contribution in [0.4, 0.5) is 5.13 Å². The van der Waals surface area contributed by atoms with Gasteiger partial charge in [-0.3, -0.25) is 10.1 Å². The molecular formula is C20H20N2O3S. The molecule has 6 heteroatoms. The van der Waals surface area contributed by atoms with Gasteiger partial charge in [0.2, 0.25) is 0 Å². The third-order valence-corrected chi connectivity index (χ3v) is 4.66. The molecule has 1 atom stereocenters. The van der Waals surface area contributed by atoms with Crippen molar-refractivity contribution in [1.29, 1.82) is 0 Å². The second-order valence-corrected chi connectivity index (χ2v) is 6.81. The van der Waals surface area contributed by atoms with E-state index in [0.717, 1.165) is 11.3 Å². The Bertz CT molecular complexity index is 864. The number of methoxy groups -OCH3 is 1. The maximum absolute atomic E-state index is 12.4. The van der Waals surface area contributed by atoms with Crippen LogP contribution >= 0.6 is 11.3 Å². The fourth-order valence-corrected chi connectivity index (χ4v) is 3.26. The fourth-order valence-electron chi connectivity index (χ4n) is 2.41. The van der Waals surface area contributed by atoms with E-state index in [0.29, 0.717) is 16.6 Å². The Morgan fingerprint density at radius 3 is 2.54 bits per heavy atom. The minimum absolute atomic E-state index is 0.253. The molecule has 0 aliphatic rings. The van der Waals surface area contributed by atoms with E-state index in [2.05, 4.69) is 22.4 Å². The number of para-hydroxylation sites is 2. The smallest absolute Gasteiger partial charge is 0.266 e. The van der Waals surface area contributed by atoms with Gasteiger partial charge in [-0.15, -0.1) is 11.3 Å². The molecule has 26 heavy (non-hydrogen) atoms. The van der Waals surface area contributed by atoms with E-state index in [1.165, 1.54) is 16.9 Å². The van der Waals surface area contributed by atoms with Crippen molar-refractivity contribution in [3.63, 3.8) is 0 Å².